The number of hydrogen-bond acceptors (Lipinski definition) is 4. The minimum absolute atomic E-state index is 0.0391. The lowest BCUT2D eigenvalue weighted by Crippen LogP contribution is -2.40. The van der Waals surface area contributed by atoms with E-state index in [9.17, 15) is 9.59 Å². The first kappa shape index (κ1) is 14.9. The average molecular weight is 264 g/mol. The van der Waals surface area contributed by atoms with Gasteiger partial charge in [0.05, 0.1) is 29.7 Å². The minimum atomic E-state index is -0.231. The number of aromatic nitrogens is 1. The maximum Gasteiger partial charge on any atom is 0.256 e. The number of anilines is 1. The lowest BCUT2D eigenvalue weighted by Gasteiger charge is -2.21. The van der Waals surface area contributed by atoms with Crippen molar-refractivity contribution in [2.45, 2.75) is 20.8 Å². The van der Waals surface area contributed by atoms with E-state index in [1.807, 2.05) is 13.8 Å². The van der Waals surface area contributed by atoms with E-state index < -0.39 is 0 Å². The van der Waals surface area contributed by atoms with Crippen LogP contribution in [0.25, 0.3) is 0 Å². The van der Waals surface area contributed by atoms with Crippen LogP contribution in [0.5, 0.6) is 0 Å². The van der Waals surface area contributed by atoms with Gasteiger partial charge in [-0.1, -0.05) is 0 Å². The number of nitrogens with two attached hydrogens (primary N) is 1. The number of rotatable bonds is 5. The quantitative estimate of drug-likeness (QED) is 0.813. The molecule has 3 N–H and O–H groups in total. The predicted molar refractivity (Wildman–Crippen MR) is 73.6 cm³/mol. The Kier molecular flexibility index (Phi) is 5.29. The van der Waals surface area contributed by atoms with E-state index in [1.165, 1.54) is 11.1 Å². The summed E-state index contributed by atoms with van der Waals surface area (Å²) in [5, 5.41) is 2.67. The van der Waals surface area contributed by atoms with Gasteiger partial charge in [-0.3, -0.25) is 14.6 Å². The van der Waals surface area contributed by atoms with Gasteiger partial charge in [-0.25, -0.2) is 0 Å². The Hall–Kier alpha value is -2.11. The number of nitrogens with one attached hydrogen (secondary N) is 1. The molecule has 0 aliphatic carbocycles. The maximum atomic E-state index is 12.3. The van der Waals surface area contributed by atoms with Crippen molar-refractivity contribution >= 4 is 17.5 Å². The highest BCUT2D eigenvalue weighted by Gasteiger charge is 2.19. The van der Waals surface area contributed by atoms with Gasteiger partial charge in [-0.05, 0) is 26.8 Å². The lowest BCUT2D eigenvalue weighted by molar-refractivity contribution is -0.121. The molecule has 1 heterocycles. The van der Waals surface area contributed by atoms with Crippen LogP contribution < -0.4 is 11.1 Å². The first-order valence-corrected chi connectivity index (χ1v) is 6.27. The fraction of sp³-hybridized carbons (Fsp3) is 0.462. The van der Waals surface area contributed by atoms with Gasteiger partial charge in [0.15, 0.2) is 0 Å². The van der Waals surface area contributed by atoms with Crippen molar-refractivity contribution in [1.82, 2.24) is 15.2 Å². The summed E-state index contributed by atoms with van der Waals surface area (Å²) >= 11 is 0. The summed E-state index contributed by atoms with van der Waals surface area (Å²) in [7, 11) is 0. The van der Waals surface area contributed by atoms with E-state index in [4.69, 9.17) is 5.73 Å². The molecule has 0 saturated heterocycles. The third kappa shape index (κ3) is 3.94. The fourth-order valence-corrected chi connectivity index (χ4v) is 1.69. The van der Waals surface area contributed by atoms with Gasteiger partial charge >= 0.3 is 0 Å². The number of hydrogen-bond donors (Lipinski definition) is 2. The molecule has 0 atom stereocenters. The van der Waals surface area contributed by atoms with Gasteiger partial charge in [0.1, 0.15) is 0 Å². The average Bonchev–Trinajstić information content (AvgIpc) is 2.38. The van der Waals surface area contributed by atoms with Crippen LogP contribution in [0.1, 0.15) is 29.9 Å². The molecular formula is C13H20N4O2. The van der Waals surface area contributed by atoms with Gasteiger partial charge in [-0.2, -0.15) is 0 Å². The van der Waals surface area contributed by atoms with Crippen LogP contribution >= 0.6 is 0 Å². The Morgan fingerprint density at radius 3 is 2.68 bits per heavy atom. The molecule has 0 aliphatic rings. The Morgan fingerprint density at radius 1 is 1.42 bits per heavy atom. The number of aryl methyl sites for hydroxylation is 1. The third-order valence-corrected chi connectivity index (χ3v) is 2.72. The molecule has 0 bridgehead atoms. The highest BCUT2D eigenvalue weighted by molar-refractivity contribution is 5.98. The maximum absolute atomic E-state index is 12.3. The molecule has 1 aromatic heterocycles. The molecule has 6 heteroatoms. The van der Waals surface area contributed by atoms with Gasteiger partial charge in [-0.15, -0.1) is 0 Å². The SMILES string of the molecule is CCNC(=O)CN(CC)C(=O)c1cc(N)cnc1C. The highest BCUT2D eigenvalue weighted by atomic mass is 16.2. The van der Waals surface area contributed by atoms with Crippen molar-refractivity contribution in [3.05, 3.63) is 23.5 Å². The molecule has 6 nitrogen and oxygen atoms in total. The number of likely N-dealkylation sites (N-methyl/N-ethyl adjacent to an activating group) is 2. The minimum Gasteiger partial charge on any atom is -0.397 e. The normalized spacial score (nSPS) is 10.1. The molecule has 1 aromatic rings. The molecule has 0 aliphatic heterocycles. The number of nitrogen functional groups attached to an aromatic ring is 1. The second-order valence-electron chi connectivity index (χ2n) is 4.17. The summed E-state index contributed by atoms with van der Waals surface area (Å²) < 4.78 is 0. The fourth-order valence-electron chi connectivity index (χ4n) is 1.69. The largest absolute Gasteiger partial charge is 0.397 e. The van der Waals surface area contributed by atoms with Gasteiger partial charge in [0, 0.05) is 13.1 Å². The zero-order valence-electron chi connectivity index (χ0n) is 11.6. The Labute approximate surface area is 113 Å². The second-order valence-corrected chi connectivity index (χ2v) is 4.17. The van der Waals surface area contributed by atoms with E-state index in [1.54, 1.807) is 13.0 Å². The second kappa shape index (κ2) is 6.72. The van der Waals surface area contributed by atoms with Crippen molar-refractivity contribution in [1.29, 1.82) is 0 Å². The Bertz CT molecular complexity index is 474. The standard InChI is InChI=1S/C13H20N4O2/c1-4-15-12(18)8-17(5-2)13(19)11-6-10(14)7-16-9(11)3/h6-7H,4-5,8,14H2,1-3H3,(H,15,18). The van der Waals surface area contributed by atoms with E-state index >= 15 is 0 Å². The summed E-state index contributed by atoms with van der Waals surface area (Å²) in [5.41, 5.74) is 7.12. The van der Waals surface area contributed by atoms with Crippen LogP contribution in [0.2, 0.25) is 0 Å². The molecule has 0 aromatic carbocycles. The molecule has 104 valence electrons. The van der Waals surface area contributed by atoms with E-state index in [0.29, 0.717) is 30.0 Å². The molecule has 19 heavy (non-hydrogen) atoms. The van der Waals surface area contributed by atoms with Crippen molar-refractivity contribution < 1.29 is 9.59 Å². The summed E-state index contributed by atoms with van der Waals surface area (Å²) in [6.07, 6.45) is 1.51. The third-order valence-electron chi connectivity index (χ3n) is 2.72. The first-order valence-electron chi connectivity index (χ1n) is 6.27. The molecule has 0 radical (unpaired) electrons. The Balaban J connectivity index is 2.89. The van der Waals surface area contributed by atoms with Crippen LogP contribution in [0.4, 0.5) is 5.69 Å². The molecule has 2 amide bonds. The molecular weight excluding hydrogens is 244 g/mol. The smallest absolute Gasteiger partial charge is 0.256 e. The highest BCUT2D eigenvalue weighted by Crippen LogP contribution is 2.12. The molecule has 0 saturated carbocycles. The number of nitrogens with zero attached hydrogens (tertiary/aromatic N) is 2. The molecule has 0 spiro atoms. The lowest BCUT2D eigenvalue weighted by atomic mass is 10.1. The molecule has 0 unspecified atom stereocenters. The molecule has 1 rings (SSSR count). The predicted octanol–water partition coefficient (Wildman–Crippen LogP) is 0.570. The van der Waals surface area contributed by atoms with Crippen molar-refractivity contribution in [3.8, 4) is 0 Å². The number of pyridine rings is 1. The van der Waals surface area contributed by atoms with E-state index in [2.05, 4.69) is 10.3 Å². The molecule has 0 fully saturated rings. The van der Waals surface area contributed by atoms with Crippen LogP contribution in [-0.2, 0) is 4.79 Å². The van der Waals surface area contributed by atoms with Gasteiger partial charge in [0.2, 0.25) is 5.91 Å². The summed E-state index contributed by atoms with van der Waals surface area (Å²) in [4.78, 5) is 29.4. The van der Waals surface area contributed by atoms with Crippen LogP contribution in [0.3, 0.4) is 0 Å². The van der Waals surface area contributed by atoms with Gasteiger partial charge < -0.3 is 16.0 Å². The Morgan fingerprint density at radius 2 is 2.11 bits per heavy atom. The van der Waals surface area contributed by atoms with Gasteiger partial charge in [0.25, 0.3) is 5.91 Å². The van der Waals surface area contributed by atoms with Crippen LogP contribution in [0.15, 0.2) is 12.3 Å². The van der Waals surface area contributed by atoms with Crippen molar-refractivity contribution in [2.75, 3.05) is 25.4 Å². The van der Waals surface area contributed by atoms with Crippen molar-refractivity contribution in [2.24, 2.45) is 0 Å². The van der Waals surface area contributed by atoms with E-state index in [0.717, 1.165) is 0 Å². The number of carbonyl (C=O) groups excluding carboxylic acids is 2. The summed E-state index contributed by atoms with van der Waals surface area (Å²) in [6.45, 7) is 6.44. The summed E-state index contributed by atoms with van der Waals surface area (Å²) in [6, 6.07) is 1.59. The van der Waals surface area contributed by atoms with Crippen LogP contribution in [0, 0.1) is 6.92 Å². The van der Waals surface area contributed by atoms with E-state index in [-0.39, 0.29) is 18.4 Å². The summed E-state index contributed by atoms with van der Waals surface area (Å²) in [5.74, 6) is -0.404. The monoisotopic (exact) mass is 264 g/mol. The number of carbonyl (C=O) groups is 2. The topological polar surface area (TPSA) is 88.3 Å². The zero-order chi connectivity index (χ0) is 14.4. The number of amides is 2. The zero-order valence-corrected chi connectivity index (χ0v) is 11.6. The van der Waals surface area contributed by atoms with Crippen LogP contribution in [-0.4, -0.2) is 41.3 Å². The van der Waals surface area contributed by atoms with Crippen molar-refractivity contribution in [3.63, 3.8) is 0 Å². The first-order chi connectivity index (χ1) is 8.99.